The van der Waals surface area contributed by atoms with E-state index in [-0.39, 0.29) is 134 Å². The first-order valence-electron chi connectivity index (χ1n) is 13.6. The Morgan fingerprint density at radius 2 is 0.583 bits per heavy atom. The van der Waals surface area contributed by atoms with Gasteiger partial charge in [-0.1, -0.05) is 69.2 Å². The Balaban J connectivity index is -0.0000000572. The zero-order valence-electron chi connectivity index (χ0n) is 31.5. The summed E-state index contributed by atoms with van der Waals surface area (Å²) in [6.07, 6.45) is 0. The van der Waals surface area contributed by atoms with E-state index in [2.05, 4.69) is 113 Å². The van der Waals surface area contributed by atoms with Crippen molar-refractivity contribution in [1.29, 1.82) is 0 Å². The van der Waals surface area contributed by atoms with Crippen LogP contribution in [0, 0.1) is 116 Å². The average Bonchev–Trinajstić information content (AvgIpc) is 3.31. The van der Waals surface area contributed by atoms with Gasteiger partial charge in [-0.05, 0) is 0 Å². The first-order valence-corrected chi connectivity index (χ1v) is 13.6. The van der Waals surface area contributed by atoms with Crippen molar-refractivity contribution in [2.75, 3.05) is 14.2 Å². The van der Waals surface area contributed by atoms with Gasteiger partial charge in [0, 0.05) is 91.5 Å². The minimum absolute atomic E-state index is 0. The maximum absolute atomic E-state index is 10.2. The van der Waals surface area contributed by atoms with Gasteiger partial charge >= 0.3 is 11.9 Å². The Hall–Kier alpha value is 0.508. The van der Waals surface area contributed by atoms with E-state index in [0.717, 1.165) is 0 Å². The zero-order chi connectivity index (χ0) is 31.6. The molecule has 0 spiro atoms. The molecule has 0 aliphatic heterocycles. The number of carbonyl (C=O) groups is 2. The van der Waals surface area contributed by atoms with Gasteiger partial charge in [0.25, 0.3) is 0 Å². The van der Waals surface area contributed by atoms with Crippen molar-refractivity contribution in [3.63, 3.8) is 0 Å². The number of rotatable bonds is 0. The second-order valence-electron chi connectivity index (χ2n) is 10.6. The van der Waals surface area contributed by atoms with Crippen LogP contribution in [-0.2, 0) is 153 Å². The van der Waals surface area contributed by atoms with Crippen molar-refractivity contribution in [3.05, 3.63) is 83.5 Å². The van der Waals surface area contributed by atoms with E-state index < -0.39 is 11.9 Å². The Kier molecular flexibility index (Phi) is 48.7. The monoisotopic (exact) mass is 1030 g/mol. The Morgan fingerprint density at radius 3 is 0.667 bits per heavy atom. The third kappa shape index (κ3) is 19.9. The smallest absolute Gasteiger partial charge is 0.384 e. The van der Waals surface area contributed by atoms with Gasteiger partial charge < -0.3 is 91.3 Å². The fourth-order valence-corrected chi connectivity index (χ4v) is 4.42. The van der Waals surface area contributed by atoms with Crippen molar-refractivity contribution >= 4 is 65.9 Å². The van der Waals surface area contributed by atoms with Crippen molar-refractivity contribution in [2.45, 2.75) is 104 Å². The van der Waals surface area contributed by atoms with Crippen molar-refractivity contribution < 1.29 is 98.8 Å². The molecule has 0 aromatic heterocycles. The molecular weight excluding hydrogens is 971 g/mol. The number of carbonyl (C=O) groups excluding carboxylic acids is 2. The summed E-state index contributed by atoms with van der Waals surface area (Å²) in [6.45, 7) is 33.0. The minimum atomic E-state index is -0.759. The number of ether oxygens (including phenoxy) is 2. The Labute approximate surface area is 374 Å². The molecule has 3 aromatic carbocycles. The van der Waals surface area contributed by atoms with E-state index in [1.807, 2.05) is 11.8 Å². The largest absolute Gasteiger partial charge is 0.813 e. The van der Waals surface area contributed by atoms with Gasteiger partial charge in [0.2, 0.25) is 0 Å². The van der Waals surface area contributed by atoms with Crippen molar-refractivity contribution in [2.24, 2.45) is 0 Å². The molecule has 12 heteroatoms. The molecule has 0 aliphatic carbocycles. The van der Waals surface area contributed by atoms with Crippen LogP contribution in [0.3, 0.4) is 0 Å². The molecule has 0 aliphatic rings. The molecule has 0 bridgehead atoms. The fraction of sp³-hybridized carbons (Fsp3) is 0.472. The second kappa shape index (κ2) is 33.4. The van der Waals surface area contributed by atoms with E-state index in [1.165, 1.54) is 97.7 Å². The first kappa shape index (κ1) is 70.1. The van der Waals surface area contributed by atoms with E-state index in [1.54, 1.807) is 0 Å². The topological polar surface area (TPSA) is 52.6 Å². The van der Waals surface area contributed by atoms with E-state index in [4.69, 9.17) is 0 Å². The summed E-state index contributed by atoms with van der Waals surface area (Å²) in [5, 5.41) is 0. The van der Waals surface area contributed by atoms with E-state index in [0.29, 0.717) is 0 Å². The van der Waals surface area contributed by atoms with Gasteiger partial charge in [-0.25, -0.2) is 44.2 Å². The molecule has 0 atom stereocenters. The molecule has 3 aromatic rings. The number of hydrogen-bond acceptors (Lipinski definition) is 8. The molecule has 0 fully saturated rings. The molecular formula is C36H55Mo3NiO4S4-11. The predicted octanol–water partition coefficient (Wildman–Crippen LogP) is 7.09. The molecule has 0 N–H and O–H groups in total. The van der Waals surface area contributed by atoms with Gasteiger partial charge in [0.15, 0.2) is 0 Å². The molecule has 286 valence electrons. The third-order valence-corrected chi connectivity index (χ3v) is 9.07. The van der Waals surface area contributed by atoms with Crippen LogP contribution in [-0.4, -0.2) is 26.2 Å². The zero-order valence-corrected chi connectivity index (χ0v) is 42.0. The van der Waals surface area contributed by atoms with Gasteiger partial charge in [0.1, 0.15) is 0 Å². The summed E-state index contributed by atoms with van der Waals surface area (Å²) >= 11 is 0. The minimum Gasteiger partial charge on any atom is -0.813 e. The molecule has 4 nitrogen and oxygen atoms in total. The maximum atomic E-state index is 10.2. The second-order valence-corrected chi connectivity index (χ2v) is 10.6. The van der Waals surface area contributed by atoms with Crippen LogP contribution in [0.25, 0.3) is 0 Å². The third-order valence-electron chi connectivity index (χ3n) is 9.07. The summed E-state index contributed by atoms with van der Waals surface area (Å²) in [5.74, 6) is 2.28. The number of methoxy groups -OCH3 is 2. The Morgan fingerprint density at radius 1 is 0.438 bits per heavy atom. The quantitative estimate of drug-likeness (QED) is 0.0451. The number of esters is 2. The van der Waals surface area contributed by atoms with Crippen LogP contribution < -0.4 is 0 Å². The molecule has 0 saturated carbocycles. The van der Waals surface area contributed by atoms with Crippen molar-refractivity contribution in [1.82, 2.24) is 0 Å². The summed E-state index contributed by atoms with van der Waals surface area (Å²) in [4.78, 5) is 20.5. The molecule has 0 saturated heterocycles. The number of thiol groups is 4. The number of hydrogen-bond donors (Lipinski definition) is 0. The standard InChI is InChI=1S/3C10H15.C6H6O4.3Mo.Ni.4H2S/c3*1-6-7(2)9(4)10(5)8(6)3;1-9-5(7)3-4-6(8)10-2;;;;;;;;/h3*1-5H3;1-2H3;;;;;4*1H2/q-5;2*-1;;;;;;;;;/p-4. The molecule has 48 heavy (non-hydrogen) atoms. The van der Waals surface area contributed by atoms with Crippen LogP contribution in [0.4, 0.5) is 0 Å². The first-order chi connectivity index (χ1) is 18.4. The Bertz CT molecular complexity index is 1040. The van der Waals surface area contributed by atoms with Gasteiger partial charge in [0.05, 0.1) is 14.2 Å². The molecule has 3 rings (SSSR count). The fourth-order valence-electron chi connectivity index (χ4n) is 4.42. The van der Waals surface area contributed by atoms with Crippen LogP contribution >= 0.6 is 0 Å². The van der Waals surface area contributed by atoms with Gasteiger partial charge in [-0.15, -0.1) is 0 Å². The SMILES string of the molecule is COC(=O)C#CC(=O)OC.C[c-]1[c-](C)[c-](C)[c-](C)[c-]1C.Cc1c(C)c(C)[c-](C)c1C.Cc1c(C)c(C)[c-](C)c1C.[Mo].[Mo].[Mo].[Ni].[SH-].[SH-].[SH-].[SH-]. The molecule has 0 radical (unpaired) electrons. The molecule has 0 heterocycles. The van der Waals surface area contributed by atoms with E-state index in [9.17, 15) is 9.59 Å². The van der Waals surface area contributed by atoms with Crippen LogP contribution in [0.1, 0.15) is 83.5 Å². The summed E-state index contributed by atoms with van der Waals surface area (Å²) < 4.78 is 8.25. The van der Waals surface area contributed by atoms with Gasteiger partial charge in [-0.3, -0.25) is 0 Å². The summed E-state index contributed by atoms with van der Waals surface area (Å²) in [5.41, 5.74) is 22.0. The van der Waals surface area contributed by atoms with Gasteiger partial charge in [-0.2, -0.15) is 55.6 Å². The predicted molar refractivity (Wildman–Crippen MR) is 204 cm³/mol. The van der Waals surface area contributed by atoms with Crippen LogP contribution in [0.2, 0.25) is 0 Å². The normalized spacial score (nSPS) is 8.02. The molecule has 0 amide bonds. The van der Waals surface area contributed by atoms with Crippen LogP contribution in [0.15, 0.2) is 0 Å². The van der Waals surface area contributed by atoms with Crippen LogP contribution in [0.5, 0.6) is 0 Å². The molecule has 0 unspecified atom stereocenters. The summed E-state index contributed by atoms with van der Waals surface area (Å²) in [6, 6.07) is 0. The van der Waals surface area contributed by atoms with Crippen molar-refractivity contribution in [3.8, 4) is 11.8 Å². The summed E-state index contributed by atoms with van der Waals surface area (Å²) in [7, 11) is 2.35. The average molecular weight is 1030 g/mol. The maximum Gasteiger partial charge on any atom is 0.384 e. The van der Waals surface area contributed by atoms with E-state index >= 15 is 0 Å².